The van der Waals surface area contributed by atoms with E-state index in [-0.39, 0.29) is 25.5 Å². The van der Waals surface area contributed by atoms with E-state index in [2.05, 4.69) is 4.72 Å². The highest BCUT2D eigenvalue weighted by molar-refractivity contribution is 7.88. The molecule has 0 fully saturated rings. The van der Waals surface area contributed by atoms with E-state index in [9.17, 15) is 17.9 Å². The maximum atomic E-state index is 12.8. The van der Waals surface area contributed by atoms with Gasteiger partial charge in [0, 0.05) is 6.54 Å². The molecule has 1 atom stereocenters. The Morgan fingerprint density at radius 2 is 1.84 bits per heavy atom. The third-order valence-electron chi connectivity index (χ3n) is 3.79. The number of fused-ring (bicyclic) bond motifs is 1. The second-order valence-electron chi connectivity index (χ2n) is 5.70. The van der Waals surface area contributed by atoms with Crippen molar-refractivity contribution >= 4 is 10.0 Å². The largest absolute Gasteiger partial charge is 0.454 e. The van der Waals surface area contributed by atoms with Crippen LogP contribution in [0.15, 0.2) is 42.5 Å². The molecule has 0 aromatic heterocycles. The molecule has 134 valence electrons. The molecule has 0 aliphatic carbocycles. The summed E-state index contributed by atoms with van der Waals surface area (Å²) >= 11 is 0. The molecule has 6 nitrogen and oxygen atoms in total. The zero-order chi connectivity index (χ0) is 17.9. The van der Waals surface area contributed by atoms with Crippen LogP contribution in [-0.2, 0) is 15.8 Å². The van der Waals surface area contributed by atoms with Crippen molar-refractivity contribution in [3.63, 3.8) is 0 Å². The van der Waals surface area contributed by atoms with Crippen LogP contribution in [0.3, 0.4) is 0 Å². The number of halogens is 1. The lowest BCUT2D eigenvalue weighted by atomic mass is 10.1. The van der Waals surface area contributed by atoms with E-state index in [0.717, 1.165) is 0 Å². The molecule has 25 heavy (non-hydrogen) atoms. The summed E-state index contributed by atoms with van der Waals surface area (Å²) in [6.07, 6.45) is -0.620. The normalized spacial score (nSPS) is 14.5. The van der Waals surface area contributed by atoms with Gasteiger partial charge in [0.1, 0.15) is 5.82 Å². The van der Waals surface area contributed by atoms with E-state index in [0.29, 0.717) is 22.6 Å². The summed E-state index contributed by atoms with van der Waals surface area (Å²) in [5.41, 5.74) is 1.12. The molecule has 2 N–H and O–H groups in total. The number of hydrogen-bond donors (Lipinski definition) is 2. The van der Waals surface area contributed by atoms with Gasteiger partial charge in [-0.05, 0) is 41.8 Å². The summed E-state index contributed by atoms with van der Waals surface area (Å²) < 4.78 is 49.8. The average Bonchev–Trinajstić information content (AvgIpc) is 3.04. The Labute approximate surface area is 145 Å². The number of ether oxygens (including phenoxy) is 2. The van der Waals surface area contributed by atoms with Crippen LogP contribution in [0.25, 0.3) is 0 Å². The van der Waals surface area contributed by atoms with E-state index < -0.39 is 21.9 Å². The summed E-state index contributed by atoms with van der Waals surface area (Å²) in [7, 11) is -3.56. The third kappa shape index (κ3) is 4.68. The van der Waals surface area contributed by atoms with Crippen LogP contribution in [0, 0.1) is 5.82 Å². The molecule has 8 heteroatoms. The number of rotatable bonds is 7. The van der Waals surface area contributed by atoms with Crippen LogP contribution in [0.2, 0.25) is 0 Å². The molecule has 0 spiro atoms. The predicted octanol–water partition coefficient (Wildman–Crippen LogP) is 2.10. The quantitative estimate of drug-likeness (QED) is 0.783. The van der Waals surface area contributed by atoms with Crippen LogP contribution < -0.4 is 14.2 Å². The van der Waals surface area contributed by atoms with Gasteiger partial charge in [0.2, 0.25) is 16.8 Å². The Kier molecular flexibility index (Phi) is 5.22. The molecule has 1 unspecified atom stereocenters. The van der Waals surface area contributed by atoms with Gasteiger partial charge in [-0.2, -0.15) is 0 Å². The molecular formula is C17H18FNO5S. The Hall–Kier alpha value is -2.16. The SMILES string of the molecule is O=S(=O)(Cc1ccc(F)cc1)NCCC(O)c1ccc2c(c1)OCO2. The molecule has 2 aromatic carbocycles. The fourth-order valence-corrected chi connectivity index (χ4v) is 3.65. The minimum atomic E-state index is -3.56. The summed E-state index contributed by atoms with van der Waals surface area (Å²) in [6, 6.07) is 10.4. The fourth-order valence-electron chi connectivity index (χ4n) is 2.49. The van der Waals surface area contributed by atoms with Crippen LogP contribution in [0.5, 0.6) is 11.5 Å². The molecule has 3 rings (SSSR count). The molecule has 1 aliphatic heterocycles. The van der Waals surface area contributed by atoms with Crippen LogP contribution in [-0.4, -0.2) is 26.9 Å². The zero-order valence-electron chi connectivity index (χ0n) is 13.3. The zero-order valence-corrected chi connectivity index (χ0v) is 14.1. The molecule has 0 bridgehead atoms. The molecule has 0 amide bonds. The van der Waals surface area contributed by atoms with Gasteiger partial charge in [-0.15, -0.1) is 0 Å². The lowest BCUT2D eigenvalue weighted by Crippen LogP contribution is -2.27. The maximum absolute atomic E-state index is 12.8. The standard InChI is InChI=1S/C17H18FNO5S/c18-14-4-1-12(2-5-14)10-25(21,22)19-8-7-15(20)13-3-6-16-17(9-13)24-11-23-16/h1-6,9,15,19-20H,7-8,10-11H2. The van der Waals surface area contributed by atoms with E-state index in [1.165, 1.54) is 24.3 Å². The van der Waals surface area contributed by atoms with Crippen molar-refractivity contribution in [2.24, 2.45) is 0 Å². The highest BCUT2D eigenvalue weighted by Crippen LogP contribution is 2.34. The molecule has 2 aromatic rings. The van der Waals surface area contributed by atoms with Gasteiger partial charge in [0.05, 0.1) is 11.9 Å². The second kappa shape index (κ2) is 7.38. The maximum Gasteiger partial charge on any atom is 0.231 e. The van der Waals surface area contributed by atoms with Crippen molar-refractivity contribution in [3.8, 4) is 11.5 Å². The Morgan fingerprint density at radius 1 is 1.12 bits per heavy atom. The summed E-state index contributed by atoms with van der Waals surface area (Å²) in [6.45, 7) is 0.233. The first-order chi connectivity index (χ1) is 11.9. The fraction of sp³-hybridized carbons (Fsp3) is 0.294. The number of aliphatic hydroxyl groups is 1. The molecule has 0 saturated heterocycles. The smallest absolute Gasteiger partial charge is 0.231 e. The van der Waals surface area contributed by atoms with Crippen LogP contribution in [0.4, 0.5) is 4.39 Å². The number of nitrogens with one attached hydrogen (secondary N) is 1. The second-order valence-corrected chi connectivity index (χ2v) is 7.50. The van der Waals surface area contributed by atoms with E-state index in [1.54, 1.807) is 18.2 Å². The molecule has 0 radical (unpaired) electrons. The van der Waals surface area contributed by atoms with E-state index in [4.69, 9.17) is 9.47 Å². The van der Waals surface area contributed by atoms with E-state index in [1.807, 2.05) is 0 Å². The first kappa shape index (κ1) is 17.7. The Bertz CT molecular complexity index is 839. The van der Waals surface area contributed by atoms with Gasteiger partial charge < -0.3 is 14.6 Å². The van der Waals surface area contributed by atoms with Gasteiger partial charge in [-0.1, -0.05) is 18.2 Å². The highest BCUT2D eigenvalue weighted by Gasteiger charge is 2.17. The monoisotopic (exact) mass is 367 g/mol. The lowest BCUT2D eigenvalue weighted by molar-refractivity contribution is 0.166. The summed E-state index contributed by atoms with van der Waals surface area (Å²) in [4.78, 5) is 0. The van der Waals surface area contributed by atoms with Gasteiger partial charge in [-0.3, -0.25) is 0 Å². The lowest BCUT2D eigenvalue weighted by Gasteiger charge is -2.12. The summed E-state index contributed by atoms with van der Waals surface area (Å²) in [5, 5.41) is 10.2. The van der Waals surface area contributed by atoms with Crippen molar-refractivity contribution in [1.29, 1.82) is 0 Å². The minimum absolute atomic E-state index is 0.0825. The summed E-state index contributed by atoms with van der Waals surface area (Å²) in [5.74, 6) is 0.526. The van der Waals surface area contributed by atoms with Gasteiger partial charge in [-0.25, -0.2) is 17.5 Å². The van der Waals surface area contributed by atoms with Crippen LogP contribution >= 0.6 is 0 Å². The van der Waals surface area contributed by atoms with E-state index >= 15 is 0 Å². The van der Waals surface area contributed by atoms with Gasteiger partial charge >= 0.3 is 0 Å². The molecule has 0 saturated carbocycles. The van der Waals surface area contributed by atoms with Crippen molar-refractivity contribution in [2.45, 2.75) is 18.3 Å². The third-order valence-corrected chi connectivity index (χ3v) is 5.15. The average molecular weight is 367 g/mol. The highest BCUT2D eigenvalue weighted by atomic mass is 32.2. The number of aliphatic hydroxyl groups excluding tert-OH is 1. The number of hydrogen-bond acceptors (Lipinski definition) is 5. The van der Waals surface area contributed by atoms with Crippen molar-refractivity contribution < 1.29 is 27.4 Å². The number of sulfonamides is 1. The Morgan fingerprint density at radius 3 is 2.60 bits per heavy atom. The van der Waals surface area contributed by atoms with Crippen molar-refractivity contribution in [3.05, 3.63) is 59.4 Å². The van der Waals surface area contributed by atoms with Gasteiger partial charge in [0.25, 0.3) is 0 Å². The molecule has 1 aliphatic rings. The van der Waals surface area contributed by atoms with Gasteiger partial charge in [0.15, 0.2) is 11.5 Å². The minimum Gasteiger partial charge on any atom is -0.454 e. The molecular weight excluding hydrogens is 349 g/mol. The van der Waals surface area contributed by atoms with Crippen molar-refractivity contribution in [1.82, 2.24) is 4.72 Å². The number of benzene rings is 2. The Balaban J connectivity index is 1.52. The first-order valence-corrected chi connectivity index (χ1v) is 9.37. The molecule has 1 heterocycles. The predicted molar refractivity (Wildman–Crippen MR) is 89.2 cm³/mol. The van der Waals surface area contributed by atoms with Crippen LogP contribution in [0.1, 0.15) is 23.7 Å². The topological polar surface area (TPSA) is 84.9 Å². The first-order valence-electron chi connectivity index (χ1n) is 7.72. The van der Waals surface area contributed by atoms with Crippen molar-refractivity contribution in [2.75, 3.05) is 13.3 Å².